The number of halogens is 1. The Bertz CT molecular complexity index is 1060. The number of nitrogens with zero attached hydrogens (tertiary/aromatic N) is 3. The molecule has 2 amide bonds. The van der Waals surface area contributed by atoms with Crippen LogP contribution in [-0.2, 0) is 12.1 Å². The Labute approximate surface area is 185 Å². The second kappa shape index (κ2) is 9.25. The van der Waals surface area contributed by atoms with Crippen LogP contribution in [0.1, 0.15) is 30.1 Å². The highest BCUT2D eigenvalue weighted by molar-refractivity contribution is 5.89. The van der Waals surface area contributed by atoms with Crippen molar-refractivity contribution in [3.8, 4) is 11.5 Å². The van der Waals surface area contributed by atoms with E-state index in [-0.39, 0.29) is 37.9 Å². The summed E-state index contributed by atoms with van der Waals surface area (Å²) in [4.78, 5) is 18.5. The third-order valence-corrected chi connectivity index (χ3v) is 5.53. The van der Waals surface area contributed by atoms with E-state index in [1.165, 1.54) is 7.11 Å². The van der Waals surface area contributed by atoms with E-state index in [0.717, 1.165) is 5.56 Å². The smallest absolute Gasteiger partial charge is 0.321 e. The largest absolute Gasteiger partial charge is 0.493 e. The molecule has 2 heterocycles. The van der Waals surface area contributed by atoms with Crippen molar-refractivity contribution in [2.24, 2.45) is 0 Å². The van der Waals surface area contributed by atoms with Crippen molar-refractivity contribution < 1.29 is 23.2 Å². The summed E-state index contributed by atoms with van der Waals surface area (Å²) >= 11 is 0. The molecule has 1 N–H and O–H groups in total. The van der Waals surface area contributed by atoms with Crippen LogP contribution in [0.3, 0.4) is 0 Å². The highest BCUT2D eigenvalue weighted by atomic mass is 19.1. The second-order valence-electron chi connectivity index (χ2n) is 7.63. The van der Waals surface area contributed by atoms with Gasteiger partial charge in [0, 0.05) is 44.1 Å². The molecule has 0 bridgehead atoms. The van der Waals surface area contributed by atoms with Crippen molar-refractivity contribution in [1.29, 1.82) is 0 Å². The number of rotatable bonds is 6. The molecule has 4 rings (SSSR count). The number of anilines is 1. The van der Waals surface area contributed by atoms with E-state index in [9.17, 15) is 4.79 Å². The molecule has 0 spiro atoms. The van der Waals surface area contributed by atoms with Gasteiger partial charge in [-0.15, -0.1) is 0 Å². The Kier molecular flexibility index (Phi) is 6.25. The van der Waals surface area contributed by atoms with Crippen molar-refractivity contribution in [2.45, 2.75) is 24.9 Å². The molecule has 0 aliphatic carbocycles. The number of benzene rings is 2. The first-order chi connectivity index (χ1) is 15.5. The molecule has 3 aromatic rings. The minimum atomic E-state index is -1.75. The Balaban J connectivity index is 1.35. The lowest BCUT2D eigenvalue weighted by Gasteiger charge is -2.34. The van der Waals surface area contributed by atoms with Crippen molar-refractivity contribution in [2.75, 3.05) is 32.6 Å². The number of hydrogen-bond donors (Lipinski definition) is 1. The first-order valence-corrected chi connectivity index (χ1v) is 10.3. The number of amides is 2. The zero-order valence-corrected chi connectivity index (χ0v) is 18.0. The van der Waals surface area contributed by atoms with E-state index >= 15 is 4.39 Å². The first kappa shape index (κ1) is 21.6. The van der Waals surface area contributed by atoms with Gasteiger partial charge in [0.25, 0.3) is 5.89 Å². The molecule has 0 atom stereocenters. The highest BCUT2D eigenvalue weighted by Gasteiger charge is 2.42. The summed E-state index contributed by atoms with van der Waals surface area (Å²) in [5, 5.41) is 6.74. The zero-order valence-electron chi connectivity index (χ0n) is 18.0. The predicted molar refractivity (Wildman–Crippen MR) is 116 cm³/mol. The molecule has 8 nitrogen and oxygen atoms in total. The average Bonchev–Trinajstić information content (AvgIpc) is 3.29. The quantitative estimate of drug-likeness (QED) is 0.619. The van der Waals surface area contributed by atoms with Crippen LogP contribution in [0.4, 0.5) is 14.9 Å². The predicted octanol–water partition coefficient (Wildman–Crippen LogP) is 4.17. The van der Waals surface area contributed by atoms with Crippen molar-refractivity contribution in [1.82, 2.24) is 15.0 Å². The van der Waals surface area contributed by atoms with Gasteiger partial charge >= 0.3 is 6.03 Å². The van der Waals surface area contributed by atoms with Crippen molar-refractivity contribution >= 4 is 11.7 Å². The van der Waals surface area contributed by atoms with Crippen LogP contribution >= 0.6 is 0 Å². The molecule has 1 aliphatic rings. The summed E-state index contributed by atoms with van der Waals surface area (Å²) in [7, 11) is 3.07. The average molecular weight is 440 g/mol. The van der Waals surface area contributed by atoms with E-state index in [1.54, 1.807) is 30.2 Å². The molecule has 2 aromatic carbocycles. The molecule has 1 saturated heterocycles. The third-order valence-electron chi connectivity index (χ3n) is 5.53. The van der Waals surface area contributed by atoms with E-state index in [0.29, 0.717) is 29.4 Å². The summed E-state index contributed by atoms with van der Waals surface area (Å²) in [6.45, 7) is 0.456. The second-order valence-corrected chi connectivity index (χ2v) is 7.63. The van der Waals surface area contributed by atoms with Gasteiger partial charge in [0.15, 0.2) is 23.0 Å². The number of alkyl halides is 1. The van der Waals surface area contributed by atoms with Crippen LogP contribution in [0.25, 0.3) is 0 Å². The van der Waals surface area contributed by atoms with E-state index < -0.39 is 5.67 Å². The number of piperidine rings is 1. The van der Waals surface area contributed by atoms with Crippen LogP contribution in [0, 0.1) is 0 Å². The summed E-state index contributed by atoms with van der Waals surface area (Å²) in [5.74, 6) is 1.49. The summed E-state index contributed by atoms with van der Waals surface area (Å²) < 4.78 is 31.2. The van der Waals surface area contributed by atoms with Crippen LogP contribution in [0.5, 0.6) is 11.5 Å². The lowest BCUT2D eigenvalue weighted by Crippen LogP contribution is -2.45. The lowest BCUT2D eigenvalue weighted by molar-refractivity contribution is 0.0411. The Hall–Kier alpha value is -3.62. The molecular weight excluding hydrogens is 415 g/mol. The number of likely N-dealkylation sites (tertiary alicyclic amines) is 1. The molecule has 32 heavy (non-hydrogen) atoms. The topological polar surface area (TPSA) is 89.7 Å². The van der Waals surface area contributed by atoms with Gasteiger partial charge in [0.05, 0.1) is 14.2 Å². The minimum Gasteiger partial charge on any atom is -0.493 e. The molecule has 1 aliphatic heterocycles. The lowest BCUT2D eigenvalue weighted by atomic mass is 9.93. The molecule has 1 aromatic heterocycles. The van der Waals surface area contributed by atoms with E-state index in [1.807, 2.05) is 30.3 Å². The van der Waals surface area contributed by atoms with Gasteiger partial charge in [-0.25, -0.2) is 9.18 Å². The summed E-state index contributed by atoms with van der Waals surface area (Å²) in [5.41, 5.74) is -0.163. The molecule has 1 fully saturated rings. The molecule has 168 valence electrons. The standard InChI is InChI=1S/C23H25FN4O4/c1-30-18-9-8-17(15-19(18)31-2)25-22(29)28-12-10-23(24,11-13-28)21-26-20(27-32-21)14-16-6-4-3-5-7-16/h3-9,15H,10-14H2,1-2H3,(H,25,29). The number of carbonyl (C=O) groups is 1. The normalized spacial score (nSPS) is 15.3. The van der Waals surface area contributed by atoms with E-state index in [2.05, 4.69) is 15.5 Å². The Morgan fingerprint density at radius 1 is 1.12 bits per heavy atom. The molecule has 9 heteroatoms. The van der Waals surface area contributed by atoms with Gasteiger partial charge in [0.1, 0.15) is 0 Å². The number of methoxy groups -OCH3 is 2. The number of hydrogen-bond acceptors (Lipinski definition) is 6. The molecular formula is C23H25FN4O4. The Morgan fingerprint density at radius 3 is 2.53 bits per heavy atom. The maximum atomic E-state index is 15.5. The number of ether oxygens (including phenoxy) is 2. The fourth-order valence-electron chi connectivity index (χ4n) is 3.68. The van der Waals surface area contributed by atoms with Gasteiger partial charge in [-0.3, -0.25) is 0 Å². The van der Waals surface area contributed by atoms with Crippen LogP contribution < -0.4 is 14.8 Å². The van der Waals surface area contributed by atoms with Gasteiger partial charge in [-0.05, 0) is 17.7 Å². The van der Waals surface area contributed by atoms with E-state index in [4.69, 9.17) is 14.0 Å². The van der Waals surface area contributed by atoms with Gasteiger partial charge < -0.3 is 24.2 Å². The highest BCUT2D eigenvalue weighted by Crippen LogP contribution is 2.36. The maximum absolute atomic E-state index is 15.5. The Morgan fingerprint density at radius 2 is 1.84 bits per heavy atom. The van der Waals surface area contributed by atoms with Gasteiger partial charge in [-0.2, -0.15) is 4.98 Å². The number of aromatic nitrogens is 2. The number of urea groups is 1. The number of carbonyl (C=O) groups excluding carboxylic acids is 1. The summed E-state index contributed by atoms with van der Waals surface area (Å²) in [6.07, 6.45) is 0.638. The monoisotopic (exact) mass is 440 g/mol. The summed E-state index contributed by atoms with van der Waals surface area (Å²) in [6, 6.07) is 14.5. The zero-order chi connectivity index (χ0) is 22.6. The number of nitrogens with one attached hydrogen (secondary N) is 1. The van der Waals surface area contributed by atoms with Crippen LogP contribution in [-0.4, -0.2) is 48.4 Å². The SMILES string of the molecule is COc1ccc(NC(=O)N2CCC(F)(c3nc(Cc4ccccc4)no3)CC2)cc1OC. The minimum absolute atomic E-state index is 0.0246. The fraction of sp³-hybridized carbons (Fsp3) is 0.348. The van der Waals surface area contributed by atoms with Gasteiger partial charge in [-0.1, -0.05) is 35.5 Å². The van der Waals surface area contributed by atoms with Crippen molar-refractivity contribution in [3.63, 3.8) is 0 Å². The molecule has 0 unspecified atom stereocenters. The van der Waals surface area contributed by atoms with Crippen LogP contribution in [0.2, 0.25) is 0 Å². The molecule has 0 radical (unpaired) electrons. The van der Waals surface area contributed by atoms with Crippen LogP contribution in [0.15, 0.2) is 53.1 Å². The van der Waals surface area contributed by atoms with Crippen molar-refractivity contribution in [3.05, 3.63) is 65.8 Å². The molecule has 0 saturated carbocycles. The first-order valence-electron chi connectivity index (χ1n) is 10.3. The maximum Gasteiger partial charge on any atom is 0.321 e. The fourth-order valence-corrected chi connectivity index (χ4v) is 3.68. The third kappa shape index (κ3) is 4.66. The van der Waals surface area contributed by atoms with Gasteiger partial charge in [0.2, 0.25) is 0 Å².